The van der Waals surface area contributed by atoms with Crippen LogP contribution in [-0.4, -0.2) is 47.3 Å². The van der Waals surface area contributed by atoms with Gasteiger partial charge in [0.25, 0.3) is 11.5 Å². The second-order valence-corrected chi connectivity index (χ2v) is 14.6. The first-order valence-corrected chi connectivity index (χ1v) is 13.7. The van der Waals surface area contributed by atoms with Crippen molar-refractivity contribution in [1.29, 1.82) is 0 Å². The smallest absolute Gasteiger partial charge is 0.340 e. The lowest BCUT2D eigenvalue weighted by atomic mass is 10.2. The summed E-state index contributed by atoms with van der Waals surface area (Å²) in [5.41, 5.74) is -1.00. The fourth-order valence-electron chi connectivity index (χ4n) is 3.34. The summed E-state index contributed by atoms with van der Waals surface area (Å²) >= 11 is 0. The van der Waals surface area contributed by atoms with Crippen molar-refractivity contribution in [3.05, 3.63) is 68.5 Å². The van der Waals surface area contributed by atoms with Gasteiger partial charge in [-0.1, -0.05) is 39.0 Å². The predicted molar refractivity (Wildman–Crippen MR) is 124 cm³/mol. The van der Waals surface area contributed by atoms with Crippen molar-refractivity contribution in [1.82, 2.24) is 9.13 Å². The van der Waals surface area contributed by atoms with Crippen molar-refractivity contribution < 1.29 is 19.1 Å². The predicted octanol–water partition coefficient (Wildman–Crippen LogP) is 2.68. The van der Waals surface area contributed by atoms with Crippen molar-refractivity contribution in [3.63, 3.8) is 0 Å². The Balaban J connectivity index is 1.88. The summed E-state index contributed by atoms with van der Waals surface area (Å²) < 4.78 is 14.0. The Bertz CT molecular complexity index is 1100. The van der Waals surface area contributed by atoms with Gasteiger partial charge in [0, 0.05) is 23.7 Å². The Hall–Kier alpha value is -2.33. The second-order valence-electron chi connectivity index (χ2n) is 9.82. The maximum atomic E-state index is 13.1. The maximum Gasteiger partial charge on any atom is 0.340 e. The van der Waals surface area contributed by atoms with E-state index in [4.69, 9.17) is 9.16 Å². The minimum Gasteiger partial charge on any atom is -0.414 e. The molecule has 8 nitrogen and oxygen atoms in total. The van der Waals surface area contributed by atoms with E-state index in [9.17, 15) is 19.5 Å². The zero-order chi connectivity index (χ0) is 23.8. The fraction of sp³-hybridized carbons (Fsp3) is 0.522. The van der Waals surface area contributed by atoms with Crippen molar-refractivity contribution in [2.45, 2.75) is 70.7 Å². The van der Waals surface area contributed by atoms with Crippen LogP contribution in [0.4, 0.5) is 0 Å². The van der Waals surface area contributed by atoms with Gasteiger partial charge in [0.15, 0.2) is 8.32 Å². The van der Waals surface area contributed by atoms with Crippen molar-refractivity contribution in [2.24, 2.45) is 0 Å². The van der Waals surface area contributed by atoms with Crippen LogP contribution in [0.15, 0.2) is 46.1 Å². The van der Waals surface area contributed by atoms with E-state index in [1.165, 1.54) is 17.7 Å². The number of carbonyl (C=O) groups is 1. The van der Waals surface area contributed by atoms with Crippen molar-refractivity contribution in [2.75, 3.05) is 6.61 Å². The lowest BCUT2D eigenvalue weighted by Gasteiger charge is -2.37. The molecule has 0 saturated carbocycles. The zero-order valence-corrected chi connectivity index (χ0v) is 20.5. The van der Waals surface area contributed by atoms with Crippen LogP contribution in [0.25, 0.3) is 0 Å². The summed E-state index contributed by atoms with van der Waals surface area (Å²) in [6.07, 6.45) is -0.704. The standard InChI is InChI=1S/C23H32N2O6Si/c1-15-13-24(22(29)25(20(15)27)21(28)16-10-8-7-9-11-16)19-12-17(26)18(31-19)14-30-32(5,6)23(2,3)4/h7-11,13,17-19,26H,12,14H2,1-6H3/t17-,18+,19+/m0/s1. The third kappa shape index (κ3) is 4.70. The van der Waals surface area contributed by atoms with Crippen LogP contribution in [0.1, 0.15) is 49.3 Å². The average molecular weight is 461 g/mol. The molecule has 1 aromatic carbocycles. The number of aliphatic hydroxyl groups excluding tert-OH is 1. The Morgan fingerprint density at radius 3 is 2.44 bits per heavy atom. The van der Waals surface area contributed by atoms with Gasteiger partial charge in [-0.2, -0.15) is 4.57 Å². The number of aryl methyl sites for hydroxylation is 1. The third-order valence-electron chi connectivity index (χ3n) is 6.44. The molecule has 3 atom stereocenters. The highest BCUT2D eigenvalue weighted by molar-refractivity contribution is 6.74. The van der Waals surface area contributed by atoms with Gasteiger partial charge in [-0.15, -0.1) is 0 Å². The fourth-order valence-corrected chi connectivity index (χ4v) is 4.35. The number of aromatic nitrogens is 2. The first-order chi connectivity index (χ1) is 14.8. The molecule has 1 aliphatic heterocycles. The molecular formula is C23H32N2O6Si. The molecule has 1 aromatic heterocycles. The molecule has 1 aliphatic rings. The molecule has 0 amide bonds. The lowest BCUT2D eigenvalue weighted by Crippen LogP contribution is -2.45. The van der Waals surface area contributed by atoms with E-state index >= 15 is 0 Å². The molecule has 0 radical (unpaired) electrons. The number of benzene rings is 1. The monoisotopic (exact) mass is 460 g/mol. The van der Waals surface area contributed by atoms with Crippen LogP contribution in [0, 0.1) is 6.92 Å². The Morgan fingerprint density at radius 1 is 1.22 bits per heavy atom. The molecule has 2 aromatic rings. The topological polar surface area (TPSA) is 99.8 Å². The van der Waals surface area contributed by atoms with Crippen LogP contribution in [0.2, 0.25) is 18.1 Å². The highest BCUT2D eigenvalue weighted by Gasteiger charge is 2.41. The molecule has 9 heteroatoms. The molecular weight excluding hydrogens is 428 g/mol. The van der Waals surface area contributed by atoms with Crippen molar-refractivity contribution in [3.8, 4) is 0 Å². The third-order valence-corrected chi connectivity index (χ3v) is 10.9. The minimum absolute atomic E-state index is 0.0112. The van der Waals surface area contributed by atoms with Gasteiger partial charge in [0.05, 0.1) is 12.7 Å². The summed E-state index contributed by atoms with van der Waals surface area (Å²) in [6, 6.07) is 8.16. The largest absolute Gasteiger partial charge is 0.414 e. The second kappa shape index (κ2) is 8.90. The number of nitrogens with zero attached hydrogens (tertiary/aromatic N) is 2. The number of aliphatic hydroxyl groups is 1. The van der Waals surface area contributed by atoms with Gasteiger partial charge in [0.2, 0.25) is 0 Å². The van der Waals surface area contributed by atoms with E-state index in [2.05, 4.69) is 33.9 Å². The van der Waals surface area contributed by atoms with Crippen LogP contribution in [-0.2, 0) is 9.16 Å². The lowest BCUT2D eigenvalue weighted by molar-refractivity contribution is -0.0436. The van der Waals surface area contributed by atoms with Crippen LogP contribution in [0.3, 0.4) is 0 Å². The van der Waals surface area contributed by atoms with Gasteiger partial charge in [-0.3, -0.25) is 14.2 Å². The quantitative estimate of drug-likeness (QED) is 0.689. The number of hydrogen-bond donors (Lipinski definition) is 1. The molecule has 1 N–H and O–H groups in total. The van der Waals surface area contributed by atoms with E-state index in [-0.39, 0.29) is 29.2 Å². The number of hydrogen-bond acceptors (Lipinski definition) is 6. The highest BCUT2D eigenvalue weighted by atomic mass is 28.4. The molecule has 2 heterocycles. The molecule has 1 fully saturated rings. The number of rotatable bonds is 5. The number of ether oxygens (including phenoxy) is 1. The molecule has 0 unspecified atom stereocenters. The Morgan fingerprint density at radius 2 is 1.84 bits per heavy atom. The van der Waals surface area contributed by atoms with Crippen molar-refractivity contribution >= 4 is 14.2 Å². The Labute approximate surface area is 188 Å². The molecule has 3 rings (SSSR count). The number of carbonyl (C=O) groups excluding carboxylic acids is 1. The van der Waals surface area contributed by atoms with Crippen LogP contribution < -0.4 is 11.2 Å². The van der Waals surface area contributed by atoms with E-state index in [1.807, 2.05) is 0 Å². The van der Waals surface area contributed by atoms with Gasteiger partial charge in [0.1, 0.15) is 12.3 Å². The summed E-state index contributed by atoms with van der Waals surface area (Å²) in [6.45, 7) is 12.4. The molecule has 0 bridgehead atoms. The summed E-state index contributed by atoms with van der Waals surface area (Å²) in [4.78, 5) is 38.6. The van der Waals surface area contributed by atoms with Gasteiger partial charge in [-0.25, -0.2) is 4.79 Å². The van der Waals surface area contributed by atoms with Crippen LogP contribution >= 0.6 is 0 Å². The zero-order valence-electron chi connectivity index (χ0n) is 19.5. The molecule has 0 aliphatic carbocycles. The Kier molecular flexibility index (Phi) is 6.76. The normalized spacial score (nSPS) is 21.7. The van der Waals surface area contributed by atoms with Gasteiger partial charge >= 0.3 is 5.69 Å². The first kappa shape index (κ1) is 24.3. The molecule has 174 valence electrons. The van der Waals surface area contributed by atoms with Crippen LogP contribution in [0.5, 0.6) is 0 Å². The van der Waals surface area contributed by atoms with Gasteiger partial charge in [-0.05, 0) is 37.2 Å². The first-order valence-electron chi connectivity index (χ1n) is 10.8. The van der Waals surface area contributed by atoms with E-state index < -0.39 is 43.9 Å². The molecule has 32 heavy (non-hydrogen) atoms. The average Bonchev–Trinajstić information content (AvgIpc) is 3.09. The van der Waals surface area contributed by atoms with E-state index in [0.29, 0.717) is 4.57 Å². The minimum atomic E-state index is -2.04. The summed E-state index contributed by atoms with van der Waals surface area (Å²) in [7, 11) is -2.04. The summed E-state index contributed by atoms with van der Waals surface area (Å²) in [5, 5.41) is 10.6. The van der Waals surface area contributed by atoms with Gasteiger partial charge < -0.3 is 14.3 Å². The highest BCUT2D eigenvalue weighted by Crippen LogP contribution is 2.37. The van der Waals surface area contributed by atoms with E-state index in [0.717, 1.165) is 0 Å². The maximum absolute atomic E-state index is 13.1. The molecule has 0 spiro atoms. The summed E-state index contributed by atoms with van der Waals surface area (Å²) in [5.74, 6) is -0.700. The van der Waals surface area contributed by atoms with E-state index in [1.54, 1.807) is 30.3 Å². The SMILES string of the molecule is Cc1cn([C@H]2C[C@H](O)[C@@H](CO[Si](C)(C)C(C)(C)C)O2)c(=O)n(C(=O)c2ccccc2)c1=O. The molecule has 1 saturated heterocycles.